The molecule has 2 rings (SSSR count). The second kappa shape index (κ2) is 5.48. The number of hydrogen-bond acceptors (Lipinski definition) is 4. The van der Waals surface area contributed by atoms with E-state index in [1.165, 1.54) is 11.3 Å². The van der Waals surface area contributed by atoms with Crippen LogP contribution >= 0.6 is 11.3 Å². The summed E-state index contributed by atoms with van der Waals surface area (Å²) in [6, 6.07) is 3.33. The number of rotatable bonds is 5. The minimum atomic E-state index is -3.35. The Bertz CT molecular complexity index is 441. The molecule has 0 bridgehead atoms. The number of sulfonamides is 1. The van der Waals surface area contributed by atoms with E-state index in [0.29, 0.717) is 10.8 Å². The zero-order chi connectivity index (χ0) is 12.3. The maximum Gasteiger partial charge on any atom is 0.250 e. The van der Waals surface area contributed by atoms with Crippen LogP contribution in [0.4, 0.5) is 0 Å². The molecular formula is C11H17NO3S2. The highest BCUT2D eigenvalue weighted by Crippen LogP contribution is 2.31. The number of thiophene rings is 1. The van der Waals surface area contributed by atoms with Crippen LogP contribution in [-0.4, -0.2) is 26.7 Å². The van der Waals surface area contributed by atoms with Crippen molar-refractivity contribution in [2.75, 3.05) is 13.2 Å². The van der Waals surface area contributed by atoms with Crippen LogP contribution in [-0.2, 0) is 10.0 Å². The first-order valence-corrected chi connectivity index (χ1v) is 8.14. The van der Waals surface area contributed by atoms with E-state index < -0.39 is 10.0 Å². The van der Waals surface area contributed by atoms with Gasteiger partial charge in [0.1, 0.15) is 4.21 Å². The monoisotopic (exact) mass is 275 g/mol. The first kappa shape index (κ1) is 13.0. The van der Waals surface area contributed by atoms with Crippen molar-refractivity contribution >= 4 is 21.4 Å². The van der Waals surface area contributed by atoms with Gasteiger partial charge in [0.25, 0.3) is 0 Å². The molecule has 96 valence electrons. The molecule has 1 fully saturated rings. The molecule has 1 heterocycles. The van der Waals surface area contributed by atoms with Gasteiger partial charge in [0.15, 0.2) is 0 Å². The highest BCUT2D eigenvalue weighted by molar-refractivity contribution is 7.91. The maximum atomic E-state index is 11.9. The summed E-state index contributed by atoms with van der Waals surface area (Å²) in [5.41, 5.74) is 0. The Morgan fingerprint density at radius 2 is 2.18 bits per heavy atom. The van der Waals surface area contributed by atoms with Crippen LogP contribution in [0.25, 0.3) is 0 Å². The van der Waals surface area contributed by atoms with Crippen molar-refractivity contribution in [3.05, 3.63) is 17.5 Å². The molecule has 17 heavy (non-hydrogen) atoms. The van der Waals surface area contributed by atoms with E-state index in [4.69, 9.17) is 0 Å². The van der Waals surface area contributed by atoms with E-state index >= 15 is 0 Å². The lowest BCUT2D eigenvalue weighted by Crippen LogP contribution is -2.31. The molecule has 0 spiro atoms. The molecule has 4 nitrogen and oxygen atoms in total. The van der Waals surface area contributed by atoms with E-state index in [2.05, 4.69) is 4.72 Å². The molecule has 0 aromatic carbocycles. The van der Waals surface area contributed by atoms with Gasteiger partial charge < -0.3 is 5.11 Å². The number of aliphatic hydroxyl groups excluding tert-OH is 1. The quantitative estimate of drug-likeness (QED) is 0.854. The van der Waals surface area contributed by atoms with Crippen LogP contribution in [0.3, 0.4) is 0 Å². The lowest BCUT2D eigenvalue weighted by molar-refractivity contribution is 0.195. The Kier molecular flexibility index (Phi) is 4.19. The van der Waals surface area contributed by atoms with Crippen LogP contribution in [0.5, 0.6) is 0 Å². The van der Waals surface area contributed by atoms with Crippen molar-refractivity contribution in [2.45, 2.75) is 23.5 Å². The van der Waals surface area contributed by atoms with Crippen LogP contribution < -0.4 is 4.72 Å². The molecule has 6 heteroatoms. The fraction of sp³-hybridized carbons (Fsp3) is 0.636. The maximum absolute atomic E-state index is 11.9. The molecule has 1 saturated carbocycles. The van der Waals surface area contributed by atoms with Gasteiger partial charge in [-0.3, -0.25) is 0 Å². The van der Waals surface area contributed by atoms with Gasteiger partial charge in [-0.05, 0) is 36.1 Å². The van der Waals surface area contributed by atoms with Gasteiger partial charge in [0.05, 0.1) is 0 Å². The standard InChI is InChI=1S/C11H17NO3S2/c13-8-10-4-1-3-9(10)7-12-17(14,15)11-5-2-6-16-11/h2,5-6,9-10,12-13H,1,3-4,7-8H2. The van der Waals surface area contributed by atoms with Gasteiger partial charge in [-0.15, -0.1) is 11.3 Å². The lowest BCUT2D eigenvalue weighted by atomic mass is 9.97. The topological polar surface area (TPSA) is 66.4 Å². The van der Waals surface area contributed by atoms with Crippen molar-refractivity contribution in [3.63, 3.8) is 0 Å². The summed E-state index contributed by atoms with van der Waals surface area (Å²) in [5.74, 6) is 0.524. The van der Waals surface area contributed by atoms with Gasteiger partial charge in [0, 0.05) is 13.2 Å². The molecule has 2 N–H and O–H groups in total. The van der Waals surface area contributed by atoms with E-state index in [0.717, 1.165) is 19.3 Å². The Morgan fingerprint density at radius 3 is 2.82 bits per heavy atom. The average Bonchev–Trinajstić information content (AvgIpc) is 2.97. The van der Waals surface area contributed by atoms with Crippen molar-refractivity contribution < 1.29 is 13.5 Å². The molecule has 0 saturated heterocycles. The fourth-order valence-corrected chi connectivity index (χ4v) is 4.46. The fourth-order valence-electron chi connectivity index (χ4n) is 2.33. The third-order valence-electron chi connectivity index (χ3n) is 3.35. The molecule has 2 unspecified atom stereocenters. The van der Waals surface area contributed by atoms with Crippen molar-refractivity contribution in [1.82, 2.24) is 4.72 Å². The van der Waals surface area contributed by atoms with Gasteiger partial charge in [0.2, 0.25) is 10.0 Å². The second-order valence-corrected chi connectivity index (χ2v) is 7.36. The summed E-state index contributed by atoms with van der Waals surface area (Å²) >= 11 is 1.22. The summed E-state index contributed by atoms with van der Waals surface area (Å²) in [5, 5.41) is 10.9. The van der Waals surface area contributed by atoms with Gasteiger partial charge >= 0.3 is 0 Å². The highest BCUT2D eigenvalue weighted by atomic mass is 32.2. The average molecular weight is 275 g/mol. The zero-order valence-corrected chi connectivity index (χ0v) is 11.1. The van der Waals surface area contributed by atoms with E-state index in [1.807, 2.05) is 0 Å². The van der Waals surface area contributed by atoms with Crippen LogP contribution in [0.2, 0.25) is 0 Å². The minimum absolute atomic E-state index is 0.158. The van der Waals surface area contributed by atoms with E-state index in [1.54, 1.807) is 17.5 Å². The Hall–Kier alpha value is -0.430. The molecular weight excluding hydrogens is 258 g/mol. The molecule has 0 amide bonds. The Balaban J connectivity index is 1.94. The number of nitrogens with one attached hydrogen (secondary N) is 1. The molecule has 1 aliphatic carbocycles. The number of hydrogen-bond donors (Lipinski definition) is 2. The second-order valence-electron chi connectivity index (χ2n) is 4.42. The van der Waals surface area contributed by atoms with E-state index in [9.17, 15) is 13.5 Å². The summed E-state index contributed by atoms with van der Waals surface area (Å²) in [6.07, 6.45) is 3.08. The Labute approximate surface area is 106 Å². The lowest BCUT2D eigenvalue weighted by Gasteiger charge is -2.17. The molecule has 0 aliphatic heterocycles. The minimum Gasteiger partial charge on any atom is -0.396 e. The largest absolute Gasteiger partial charge is 0.396 e. The van der Waals surface area contributed by atoms with Crippen LogP contribution in [0.15, 0.2) is 21.7 Å². The van der Waals surface area contributed by atoms with Crippen LogP contribution in [0.1, 0.15) is 19.3 Å². The van der Waals surface area contributed by atoms with Crippen molar-refractivity contribution in [2.24, 2.45) is 11.8 Å². The highest BCUT2D eigenvalue weighted by Gasteiger charge is 2.28. The third-order valence-corrected chi connectivity index (χ3v) is 6.17. The zero-order valence-electron chi connectivity index (χ0n) is 9.50. The summed E-state index contributed by atoms with van der Waals surface area (Å²) in [7, 11) is -3.35. The van der Waals surface area contributed by atoms with Crippen LogP contribution in [0, 0.1) is 11.8 Å². The van der Waals surface area contributed by atoms with Gasteiger partial charge in [-0.25, -0.2) is 13.1 Å². The molecule has 0 radical (unpaired) electrons. The third kappa shape index (κ3) is 3.07. The van der Waals surface area contributed by atoms with E-state index in [-0.39, 0.29) is 18.4 Å². The molecule has 1 aliphatic rings. The number of aliphatic hydroxyl groups is 1. The Morgan fingerprint density at radius 1 is 1.41 bits per heavy atom. The first-order valence-electron chi connectivity index (χ1n) is 5.77. The van der Waals surface area contributed by atoms with Crippen molar-refractivity contribution in [3.8, 4) is 0 Å². The first-order chi connectivity index (χ1) is 8.13. The summed E-state index contributed by atoms with van der Waals surface area (Å²) in [4.78, 5) is 0. The summed E-state index contributed by atoms with van der Waals surface area (Å²) < 4.78 is 26.8. The predicted molar refractivity (Wildman–Crippen MR) is 67.4 cm³/mol. The SMILES string of the molecule is O=S(=O)(NCC1CCCC1CO)c1cccs1. The molecule has 1 aromatic rings. The predicted octanol–water partition coefficient (Wildman–Crippen LogP) is 1.43. The van der Waals surface area contributed by atoms with Crippen molar-refractivity contribution in [1.29, 1.82) is 0 Å². The van der Waals surface area contributed by atoms with Gasteiger partial charge in [-0.1, -0.05) is 12.5 Å². The molecule has 2 atom stereocenters. The molecule has 1 aromatic heterocycles. The van der Waals surface area contributed by atoms with Gasteiger partial charge in [-0.2, -0.15) is 0 Å². The smallest absolute Gasteiger partial charge is 0.250 e. The normalized spacial score (nSPS) is 25.2. The summed E-state index contributed by atoms with van der Waals surface area (Å²) in [6.45, 7) is 0.594.